The quantitative estimate of drug-likeness (QED) is 0.825. The van der Waals surface area contributed by atoms with Gasteiger partial charge in [0.05, 0.1) is 19.6 Å². The van der Waals surface area contributed by atoms with E-state index in [1.165, 1.54) is 0 Å². The third-order valence-electron chi connectivity index (χ3n) is 3.63. The molecule has 1 atom stereocenters. The van der Waals surface area contributed by atoms with Gasteiger partial charge in [-0.05, 0) is 23.6 Å². The maximum Gasteiger partial charge on any atom is 0.228 e. The third kappa shape index (κ3) is 3.63. The van der Waals surface area contributed by atoms with E-state index >= 15 is 0 Å². The maximum absolute atomic E-state index is 12.4. The first-order valence-corrected chi connectivity index (χ1v) is 8.64. The summed E-state index contributed by atoms with van der Waals surface area (Å²) in [6.07, 6.45) is 0.240. The van der Waals surface area contributed by atoms with Crippen LogP contribution in [0, 0.1) is 0 Å². The summed E-state index contributed by atoms with van der Waals surface area (Å²) in [5.74, 6) is 0.126. The smallest absolute Gasteiger partial charge is 0.228 e. The summed E-state index contributed by atoms with van der Waals surface area (Å²) >= 11 is 13.8. The number of nitrogens with zero attached hydrogens (tertiary/aromatic N) is 1. The Morgan fingerprint density at radius 3 is 2.95 bits per heavy atom. The average Bonchev–Trinajstić information content (AvgIpc) is 3.00. The molecule has 2 heterocycles. The van der Waals surface area contributed by atoms with Crippen molar-refractivity contribution in [3.8, 4) is 0 Å². The Balaban J connectivity index is 1.69. The number of hydrogen-bond donors (Lipinski definition) is 0. The fraction of sp³-hybridized carbons (Fsp3) is 0.312. The summed E-state index contributed by atoms with van der Waals surface area (Å²) in [6, 6.07) is 9.30. The summed E-state index contributed by atoms with van der Waals surface area (Å²) in [6.45, 7) is 1.65. The van der Waals surface area contributed by atoms with Gasteiger partial charge in [-0.1, -0.05) is 35.3 Å². The van der Waals surface area contributed by atoms with E-state index in [-0.39, 0.29) is 12.0 Å². The van der Waals surface area contributed by atoms with Gasteiger partial charge in [0.2, 0.25) is 5.91 Å². The van der Waals surface area contributed by atoms with Crippen LogP contribution in [0.15, 0.2) is 35.7 Å². The molecule has 22 heavy (non-hydrogen) atoms. The second-order valence-electron chi connectivity index (χ2n) is 5.12. The summed E-state index contributed by atoms with van der Waals surface area (Å²) < 4.78 is 5.78. The van der Waals surface area contributed by atoms with Gasteiger partial charge in [0.15, 0.2) is 0 Å². The van der Waals surface area contributed by atoms with Crippen molar-refractivity contribution in [1.29, 1.82) is 0 Å². The number of rotatable bonds is 3. The lowest BCUT2D eigenvalue weighted by Gasteiger charge is -2.33. The predicted molar refractivity (Wildman–Crippen MR) is 89.8 cm³/mol. The molecule has 0 spiro atoms. The number of carbonyl (C=O) groups is 1. The minimum absolute atomic E-state index is 0.126. The number of thiophene rings is 1. The van der Waals surface area contributed by atoms with Crippen LogP contribution in [0.5, 0.6) is 0 Å². The second-order valence-corrected chi connectivity index (χ2v) is 7.00. The van der Waals surface area contributed by atoms with E-state index in [0.717, 1.165) is 10.4 Å². The zero-order valence-corrected chi connectivity index (χ0v) is 14.1. The molecular weight excluding hydrogens is 341 g/mol. The molecule has 1 aliphatic heterocycles. The van der Waals surface area contributed by atoms with E-state index in [1.54, 1.807) is 23.5 Å². The van der Waals surface area contributed by atoms with Crippen LogP contribution in [0.25, 0.3) is 0 Å². The minimum atomic E-state index is -0.203. The number of amides is 1. The molecular formula is C16H15Cl2NO2S. The molecule has 1 aromatic heterocycles. The van der Waals surface area contributed by atoms with Crippen molar-refractivity contribution < 1.29 is 9.53 Å². The Morgan fingerprint density at radius 1 is 1.36 bits per heavy atom. The standard InChI is InChI=1S/C16H15Cl2NO2S/c17-11-3-4-13(14(18)8-11)15-10-19(5-6-21-15)16(20)9-12-2-1-7-22-12/h1-4,7-8,15H,5-6,9-10H2. The predicted octanol–water partition coefficient (Wildman–Crippen LogP) is 4.20. The number of morpholine rings is 1. The van der Waals surface area contributed by atoms with Crippen molar-refractivity contribution in [3.05, 3.63) is 56.2 Å². The molecule has 1 fully saturated rings. The van der Waals surface area contributed by atoms with Crippen molar-refractivity contribution >= 4 is 40.4 Å². The van der Waals surface area contributed by atoms with E-state index in [1.807, 2.05) is 28.5 Å². The number of hydrogen-bond acceptors (Lipinski definition) is 3. The highest BCUT2D eigenvalue weighted by Gasteiger charge is 2.26. The molecule has 0 bridgehead atoms. The molecule has 3 rings (SSSR count). The fourth-order valence-corrected chi connectivity index (χ4v) is 3.73. The summed E-state index contributed by atoms with van der Waals surface area (Å²) in [4.78, 5) is 15.3. The first-order valence-electron chi connectivity index (χ1n) is 7.00. The van der Waals surface area contributed by atoms with Crippen LogP contribution < -0.4 is 0 Å². The first-order chi connectivity index (χ1) is 10.6. The Bertz CT molecular complexity index is 660. The Labute approximate surface area is 143 Å². The molecule has 1 saturated heterocycles. The van der Waals surface area contributed by atoms with Crippen molar-refractivity contribution in [2.24, 2.45) is 0 Å². The van der Waals surface area contributed by atoms with Gasteiger partial charge in [0, 0.05) is 27.0 Å². The molecule has 1 aliphatic rings. The SMILES string of the molecule is O=C(Cc1cccs1)N1CCOC(c2ccc(Cl)cc2Cl)C1. The van der Waals surface area contributed by atoms with Gasteiger partial charge < -0.3 is 9.64 Å². The van der Waals surface area contributed by atoms with Gasteiger partial charge in [-0.3, -0.25) is 4.79 Å². The molecule has 0 saturated carbocycles. The lowest BCUT2D eigenvalue weighted by molar-refractivity contribution is -0.138. The highest BCUT2D eigenvalue weighted by molar-refractivity contribution is 7.10. The van der Waals surface area contributed by atoms with Crippen LogP contribution in [-0.2, 0) is 16.0 Å². The van der Waals surface area contributed by atoms with Crippen molar-refractivity contribution in [3.63, 3.8) is 0 Å². The van der Waals surface area contributed by atoms with Crippen molar-refractivity contribution in [2.45, 2.75) is 12.5 Å². The Hall–Kier alpha value is -1.07. The largest absolute Gasteiger partial charge is 0.370 e. The third-order valence-corrected chi connectivity index (χ3v) is 5.07. The zero-order chi connectivity index (χ0) is 15.5. The van der Waals surface area contributed by atoms with E-state index in [4.69, 9.17) is 27.9 Å². The lowest BCUT2D eigenvalue weighted by Crippen LogP contribution is -2.42. The normalized spacial score (nSPS) is 18.5. The highest BCUT2D eigenvalue weighted by atomic mass is 35.5. The summed E-state index contributed by atoms with van der Waals surface area (Å²) in [5.41, 5.74) is 0.875. The van der Waals surface area contributed by atoms with E-state index in [9.17, 15) is 4.79 Å². The van der Waals surface area contributed by atoms with Gasteiger partial charge in [-0.2, -0.15) is 0 Å². The lowest BCUT2D eigenvalue weighted by atomic mass is 10.1. The van der Waals surface area contributed by atoms with Crippen LogP contribution in [0.4, 0.5) is 0 Å². The molecule has 2 aromatic rings. The minimum Gasteiger partial charge on any atom is -0.370 e. The number of benzene rings is 1. The Kier molecular flexibility index (Phi) is 5.03. The summed E-state index contributed by atoms with van der Waals surface area (Å²) in [7, 11) is 0. The van der Waals surface area contributed by atoms with Crippen LogP contribution in [0.2, 0.25) is 10.0 Å². The molecule has 6 heteroatoms. The molecule has 1 aromatic carbocycles. The fourth-order valence-electron chi connectivity index (χ4n) is 2.50. The molecule has 1 unspecified atom stereocenters. The van der Waals surface area contributed by atoms with Gasteiger partial charge in [0.1, 0.15) is 6.10 Å². The van der Waals surface area contributed by atoms with E-state index in [0.29, 0.717) is 36.2 Å². The van der Waals surface area contributed by atoms with Gasteiger partial charge in [-0.15, -0.1) is 11.3 Å². The van der Waals surface area contributed by atoms with E-state index in [2.05, 4.69) is 0 Å². The second kappa shape index (κ2) is 7.01. The molecule has 0 N–H and O–H groups in total. The van der Waals surface area contributed by atoms with Crippen LogP contribution in [-0.4, -0.2) is 30.5 Å². The van der Waals surface area contributed by atoms with Gasteiger partial charge in [-0.25, -0.2) is 0 Å². The van der Waals surface area contributed by atoms with Crippen molar-refractivity contribution in [1.82, 2.24) is 4.90 Å². The monoisotopic (exact) mass is 355 g/mol. The van der Waals surface area contributed by atoms with E-state index < -0.39 is 0 Å². The Morgan fingerprint density at radius 2 is 2.23 bits per heavy atom. The van der Waals surface area contributed by atoms with Crippen LogP contribution in [0.3, 0.4) is 0 Å². The molecule has 0 aliphatic carbocycles. The van der Waals surface area contributed by atoms with Crippen LogP contribution >= 0.6 is 34.5 Å². The van der Waals surface area contributed by atoms with Gasteiger partial charge >= 0.3 is 0 Å². The van der Waals surface area contributed by atoms with Gasteiger partial charge in [0.25, 0.3) is 0 Å². The highest BCUT2D eigenvalue weighted by Crippen LogP contribution is 2.30. The maximum atomic E-state index is 12.4. The molecule has 1 amide bonds. The molecule has 3 nitrogen and oxygen atoms in total. The first kappa shape index (κ1) is 15.8. The zero-order valence-electron chi connectivity index (χ0n) is 11.8. The average molecular weight is 356 g/mol. The molecule has 0 radical (unpaired) electrons. The van der Waals surface area contributed by atoms with Crippen molar-refractivity contribution in [2.75, 3.05) is 19.7 Å². The topological polar surface area (TPSA) is 29.5 Å². The number of halogens is 2. The molecule has 116 valence electrons. The number of ether oxygens (including phenoxy) is 1. The summed E-state index contributed by atoms with van der Waals surface area (Å²) in [5, 5.41) is 3.15. The van der Waals surface area contributed by atoms with Crippen LogP contribution in [0.1, 0.15) is 16.5 Å². The number of carbonyl (C=O) groups excluding carboxylic acids is 1.